The molecular formula is C11H9F3N2O2S. The third-order valence-corrected chi connectivity index (χ3v) is 3.31. The number of H-pyrrole nitrogens is 1. The van der Waals surface area contributed by atoms with Crippen LogP contribution in [0.25, 0.3) is 10.6 Å². The molecule has 0 radical (unpaired) electrons. The van der Waals surface area contributed by atoms with E-state index < -0.39 is 17.8 Å². The van der Waals surface area contributed by atoms with Gasteiger partial charge in [-0.15, -0.1) is 11.3 Å². The SMILES string of the molecule is CCOC(=O)c1ccc(-c2cc(C(F)(F)F)[nH]n2)s1. The fraction of sp³-hybridized carbons (Fsp3) is 0.273. The van der Waals surface area contributed by atoms with Gasteiger partial charge >= 0.3 is 12.1 Å². The summed E-state index contributed by atoms with van der Waals surface area (Å²) in [6.07, 6.45) is -4.47. The monoisotopic (exact) mass is 290 g/mol. The number of hydrogen-bond acceptors (Lipinski definition) is 4. The number of nitrogens with one attached hydrogen (secondary N) is 1. The van der Waals surface area contributed by atoms with Crippen LogP contribution < -0.4 is 0 Å². The van der Waals surface area contributed by atoms with Crippen molar-refractivity contribution in [1.29, 1.82) is 0 Å². The molecule has 1 N–H and O–H groups in total. The molecular weight excluding hydrogens is 281 g/mol. The third kappa shape index (κ3) is 2.95. The Balaban J connectivity index is 2.23. The molecule has 2 rings (SSSR count). The van der Waals surface area contributed by atoms with Crippen molar-refractivity contribution >= 4 is 17.3 Å². The van der Waals surface area contributed by atoms with Gasteiger partial charge in [0.15, 0.2) is 0 Å². The lowest BCUT2D eigenvalue weighted by Gasteiger charge is -1.99. The van der Waals surface area contributed by atoms with Crippen molar-refractivity contribution in [2.45, 2.75) is 13.1 Å². The van der Waals surface area contributed by atoms with Crippen LogP contribution in [-0.4, -0.2) is 22.8 Å². The Morgan fingerprint density at radius 1 is 1.47 bits per heavy atom. The van der Waals surface area contributed by atoms with E-state index in [0.29, 0.717) is 9.75 Å². The van der Waals surface area contributed by atoms with Gasteiger partial charge in [0.05, 0.1) is 11.5 Å². The zero-order valence-electron chi connectivity index (χ0n) is 9.75. The van der Waals surface area contributed by atoms with Crippen molar-refractivity contribution in [3.63, 3.8) is 0 Å². The molecule has 19 heavy (non-hydrogen) atoms. The molecule has 0 bridgehead atoms. The highest BCUT2D eigenvalue weighted by atomic mass is 32.1. The smallest absolute Gasteiger partial charge is 0.432 e. The van der Waals surface area contributed by atoms with Crippen molar-refractivity contribution in [3.05, 3.63) is 28.8 Å². The molecule has 8 heteroatoms. The minimum Gasteiger partial charge on any atom is -0.462 e. The average Bonchev–Trinajstić information content (AvgIpc) is 2.97. The number of thiophene rings is 1. The summed E-state index contributed by atoms with van der Waals surface area (Å²) >= 11 is 1.03. The van der Waals surface area contributed by atoms with Crippen LogP contribution >= 0.6 is 11.3 Å². The molecule has 0 atom stereocenters. The van der Waals surface area contributed by atoms with Crippen molar-refractivity contribution in [3.8, 4) is 10.6 Å². The van der Waals surface area contributed by atoms with E-state index in [1.165, 1.54) is 12.1 Å². The highest BCUT2D eigenvalue weighted by molar-refractivity contribution is 7.17. The number of aromatic nitrogens is 2. The third-order valence-electron chi connectivity index (χ3n) is 2.22. The average molecular weight is 290 g/mol. The molecule has 2 aromatic heterocycles. The molecule has 102 valence electrons. The van der Waals surface area contributed by atoms with Crippen LogP contribution in [0.2, 0.25) is 0 Å². The summed E-state index contributed by atoms with van der Waals surface area (Å²) in [6.45, 7) is 1.92. The first kappa shape index (κ1) is 13.6. The first-order valence-corrected chi connectivity index (χ1v) is 6.13. The minimum absolute atomic E-state index is 0.146. The van der Waals surface area contributed by atoms with E-state index in [1.54, 1.807) is 6.92 Å². The summed E-state index contributed by atoms with van der Waals surface area (Å²) in [5, 5.41) is 5.51. The van der Waals surface area contributed by atoms with Crippen molar-refractivity contribution in [1.82, 2.24) is 10.2 Å². The predicted molar refractivity (Wildman–Crippen MR) is 62.9 cm³/mol. The van der Waals surface area contributed by atoms with E-state index >= 15 is 0 Å². The van der Waals surface area contributed by atoms with Gasteiger partial charge in [0, 0.05) is 0 Å². The lowest BCUT2D eigenvalue weighted by Crippen LogP contribution is -2.04. The Hall–Kier alpha value is -1.83. The number of halogens is 3. The number of aromatic amines is 1. The van der Waals surface area contributed by atoms with Gasteiger partial charge in [-0.2, -0.15) is 18.3 Å². The molecule has 0 saturated heterocycles. The second kappa shape index (κ2) is 5.04. The van der Waals surface area contributed by atoms with E-state index in [2.05, 4.69) is 5.10 Å². The first-order valence-electron chi connectivity index (χ1n) is 5.31. The highest BCUT2D eigenvalue weighted by Gasteiger charge is 2.33. The van der Waals surface area contributed by atoms with Crippen molar-refractivity contribution in [2.75, 3.05) is 6.61 Å². The summed E-state index contributed by atoms with van der Waals surface area (Å²) in [5.74, 6) is -0.495. The summed E-state index contributed by atoms with van der Waals surface area (Å²) in [7, 11) is 0. The Morgan fingerprint density at radius 2 is 2.21 bits per heavy atom. The number of rotatable bonds is 3. The van der Waals surface area contributed by atoms with Gasteiger partial charge in [-0.1, -0.05) is 0 Å². The molecule has 4 nitrogen and oxygen atoms in total. The fourth-order valence-electron chi connectivity index (χ4n) is 1.38. The maximum absolute atomic E-state index is 12.4. The van der Waals surface area contributed by atoms with E-state index in [4.69, 9.17) is 4.74 Å². The summed E-state index contributed by atoms with van der Waals surface area (Å²) in [4.78, 5) is 12.2. The van der Waals surface area contributed by atoms with Crippen LogP contribution in [0.15, 0.2) is 18.2 Å². The van der Waals surface area contributed by atoms with Crippen molar-refractivity contribution < 1.29 is 22.7 Å². The van der Waals surface area contributed by atoms with Crippen LogP contribution in [-0.2, 0) is 10.9 Å². The zero-order valence-corrected chi connectivity index (χ0v) is 10.6. The number of nitrogens with zero attached hydrogens (tertiary/aromatic N) is 1. The molecule has 0 aliphatic carbocycles. The standard InChI is InChI=1S/C11H9F3N2O2S/c1-2-18-10(17)8-4-3-7(19-8)6-5-9(16-15-6)11(12,13)14/h3-5H,2H2,1H3,(H,15,16). The van der Waals surface area contributed by atoms with Gasteiger partial charge in [0.2, 0.25) is 0 Å². The van der Waals surface area contributed by atoms with Crippen LogP contribution in [0, 0.1) is 0 Å². The lowest BCUT2D eigenvalue weighted by atomic mass is 10.3. The molecule has 0 aliphatic heterocycles. The maximum Gasteiger partial charge on any atom is 0.432 e. The summed E-state index contributed by atoms with van der Waals surface area (Å²) in [5.41, 5.74) is -0.776. The van der Waals surface area contributed by atoms with E-state index in [-0.39, 0.29) is 12.3 Å². The van der Waals surface area contributed by atoms with E-state index in [1.807, 2.05) is 5.10 Å². The molecule has 0 unspecified atom stereocenters. The topological polar surface area (TPSA) is 55.0 Å². The zero-order chi connectivity index (χ0) is 14.0. The first-order chi connectivity index (χ1) is 8.91. The van der Waals surface area contributed by atoms with Gasteiger partial charge in [0.25, 0.3) is 0 Å². The van der Waals surface area contributed by atoms with Crippen molar-refractivity contribution in [2.24, 2.45) is 0 Å². The minimum atomic E-state index is -4.47. The molecule has 0 fully saturated rings. The highest BCUT2D eigenvalue weighted by Crippen LogP contribution is 2.32. The van der Waals surface area contributed by atoms with Gasteiger partial charge in [-0.3, -0.25) is 5.10 Å². The van der Waals surface area contributed by atoms with Gasteiger partial charge in [-0.25, -0.2) is 4.79 Å². The van der Waals surface area contributed by atoms with Crippen LogP contribution in [0.3, 0.4) is 0 Å². The summed E-state index contributed by atoms with van der Waals surface area (Å²) < 4.78 is 42.0. The fourth-order valence-corrected chi connectivity index (χ4v) is 2.24. The van der Waals surface area contributed by atoms with E-state index in [0.717, 1.165) is 17.4 Å². The predicted octanol–water partition coefficient (Wildman–Crippen LogP) is 3.33. The molecule has 0 aliphatic rings. The molecule has 0 spiro atoms. The Morgan fingerprint density at radius 3 is 2.79 bits per heavy atom. The molecule has 0 amide bonds. The van der Waals surface area contributed by atoms with Gasteiger partial charge in [0.1, 0.15) is 16.3 Å². The number of carbonyl (C=O) groups excluding carboxylic acids is 1. The largest absolute Gasteiger partial charge is 0.462 e. The Labute approximate surface area is 110 Å². The molecule has 2 heterocycles. The quantitative estimate of drug-likeness (QED) is 0.882. The lowest BCUT2D eigenvalue weighted by molar-refractivity contribution is -0.141. The Kier molecular flexibility index (Phi) is 3.61. The van der Waals surface area contributed by atoms with Gasteiger partial charge < -0.3 is 4.74 Å². The van der Waals surface area contributed by atoms with Crippen LogP contribution in [0.4, 0.5) is 13.2 Å². The Bertz CT molecular complexity index is 589. The number of esters is 1. The molecule has 2 aromatic rings. The number of alkyl halides is 3. The molecule has 0 saturated carbocycles. The second-order valence-electron chi connectivity index (χ2n) is 3.55. The number of hydrogen-bond donors (Lipinski definition) is 1. The van der Waals surface area contributed by atoms with E-state index in [9.17, 15) is 18.0 Å². The van der Waals surface area contributed by atoms with Gasteiger partial charge in [-0.05, 0) is 25.1 Å². The van der Waals surface area contributed by atoms with Crippen LogP contribution in [0.5, 0.6) is 0 Å². The maximum atomic E-state index is 12.4. The van der Waals surface area contributed by atoms with Crippen LogP contribution in [0.1, 0.15) is 22.3 Å². The normalized spacial score (nSPS) is 11.6. The number of carbonyl (C=O) groups is 1. The number of ether oxygens (including phenoxy) is 1. The molecule has 0 aromatic carbocycles. The second-order valence-corrected chi connectivity index (χ2v) is 4.63. The summed E-state index contributed by atoms with van der Waals surface area (Å²) in [6, 6.07) is 3.94.